The molecule has 0 saturated carbocycles. The van der Waals surface area contributed by atoms with Crippen molar-refractivity contribution in [2.45, 2.75) is 19.3 Å². The highest BCUT2D eigenvalue weighted by atomic mass is 16.5. The Bertz CT molecular complexity index is 797. The van der Waals surface area contributed by atoms with Gasteiger partial charge in [0, 0.05) is 12.2 Å². The Labute approximate surface area is 154 Å². The molecule has 0 aromatic heterocycles. The molecule has 2 N–H and O–H groups in total. The van der Waals surface area contributed by atoms with E-state index >= 15 is 0 Å². The number of carbonyl (C=O) groups is 1. The average molecular weight is 352 g/mol. The first-order valence-corrected chi connectivity index (χ1v) is 8.75. The van der Waals surface area contributed by atoms with Crippen LogP contribution in [0, 0.1) is 0 Å². The second-order valence-corrected chi connectivity index (χ2v) is 6.17. The molecule has 26 heavy (non-hydrogen) atoms. The monoisotopic (exact) mass is 352 g/mol. The molecule has 0 bridgehead atoms. The molecule has 0 unspecified atom stereocenters. The zero-order chi connectivity index (χ0) is 18.4. The highest BCUT2D eigenvalue weighted by Gasteiger charge is 2.14. The maximum atomic E-state index is 12.1. The summed E-state index contributed by atoms with van der Waals surface area (Å²) in [6.45, 7) is 0.480. The number of hydrogen-bond donors (Lipinski definition) is 2. The van der Waals surface area contributed by atoms with Crippen molar-refractivity contribution in [3.05, 3.63) is 59.7 Å². The van der Waals surface area contributed by atoms with Gasteiger partial charge in [0.1, 0.15) is 11.5 Å². The molecular weight excluding hydrogens is 328 g/mol. The van der Waals surface area contributed by atoms with Crippen LogP contribution in [0.2, 0.25) is 0 Å². The van der Waals surface area contributed by atoms with E-state index in [0.717, 1.165) is 36.4 Å². The van der Waals surface area contributed by atoms with E-state index in [0.29, 0.717) is 6.54 Å². The third-order valence-electron chi connectivity index (χ3n) is 4.51. The molecule has 0 spiro atoms. The molecule has 2 aromatic rings. The normalized spacial score (nSPS) is 14.5. The fourth-order valence-corrected chi connectivity index (χ4v) is 3.13. The average Bonchev–Trinajstić information content (AvgIpc) is 2.68. The summed E-state index contributed by atoms with van der Waals surface area (Å²) < 4.78 is 10.4. The second-order valence-electron chi connectivity index (χ2n) is 6.17. The summed E-state index contributed by atoms with van der Waals surface area (Å²) in [6, 6.07) is 13.2. The van der Waals surface area contributed by atoms with Gasteiger partial charge in [-0.2, -0.15) is 0 Å². The molecule has 0 fully saturated rings. The molecule has 0 saturated heterocycles. The van der Waals surface area contributed by atoms with Crippen molar-refractivity contribution in [3.63, 3.8) is 0 Å². The maximum absolute atomic E-state index is 12.1. The molecule has 1 aliphatic carbocycles. The number of carbonyl (C=O) groups excluding carboxylic acids is 1. The number of methoxy groups -OCH3 is 2. The minimum atomic E-state index is -0.228. The van der Waals surface area contributed by atoms with Crippen LogP contribution in [-0.2, 0) is 6.42 Å². The van der Waals surface area contributed by atoms with Crippen LogP contribution in [0.3, 0.4) is 0 Å². The van der Waals surface area contributed by atoms with Gasteiger partial charge in [-0.25, -0.2) is 4.79 Å². The van der Waals surface area contributed by atoms with Crippen LogP contribution in [-0.4, -0.2) is 26.8 Å². The van der Waals surface area contributed by atoms with Gasteiger partial charge < -0.3 is 20.1 Å². The first-order valence-electron chi connectivity index (χ1n) is 8.75. The molecule has 0 heterocycles. The lowest BCUT2D eigenvalue weighted by Crippen LogP contribution is -2.28. The molecule has 0 atom stereocenters. The van der Waals surface area contributed by atoms with Crippen molar-refractivity contribution in [1.82, 2.24) is 5.32 Å². The van der Waals surface area contributed by atoms with E-state index in [9.17, 15) is 4.79 Å². The van der Waals surface area contributed by atoms with Gasteiger partial charge in [0.2, 0.25) is 0 Å². The quantitative estimate of drug-likeness (QED) is 0.846. The Hall–Kier alpha value is -2.95. The summed E-state index contributed by atoms with van der Waals surface area (Å²) in [5.74, 6) is 1.62. The zero-order valence-corrected chi connectivity index (χ0v) is 15.2. The first kappa shape index (κ1) is 17.9. The number of fused-ring (bicyclic) bond motifs is 1. The fraction of sp³-hybridized carbons (Fsp3) is 0.286. The van der Waals surface area contributed by atoms with Gasteiger partial charge in [0.15, 0.2) is 0 Å². The summed E-state index contributed by atoms with van der Waals surface area (Å²) >= 11 is 0. The fourth-order valence-electron chi connectivity index (χ4n) is 3.13. The van der Waals surface area contributed by atoms with Crippen molar-refractivity contribution in [2.75, 3.05) is 26.1 Å². The summed E-state index contributed by atoms with van der Waals surface area (Å²) in [7, 11) is 3.29. The van der Waals surface area contributed by atoms with Gasteiger partial charge >= 0.3 is 6.03 Å². The molecule has 3 rings (SSSR count). The lowest BCUT2D eigenvalue weighted by Gasteiger charge is -2.20. The predicted molar refractivity (Wildman–Crippen MR) is 104 cm³/mol. The molecule has 2 amide bonds. The molecule has 0 aliphatic heterocycles. The predicted octanol–water partition coefficient (Wildman–Crippen LogP) is 4.25. The smallest absolute Gasteiger partial charge is 0.319 e. The van der Waals surface area contributed by atoms with E-state index in [2.05, 4.69) is 28.8 Å². The summed E-state index contributed by atoms with van der Waals surface area (Å²) in [4.78, 5) is 12.1. The Kier molecular flexibility index (Phi) is 5.79. The highest BCUT2D eigenvalue weighted by Crippen LogP contribution is 2.33. The third kappa shape index (κ3) is 4.36. The van der Waals surface area contributed by atoms with E-state index in [1.165, 1.54) is 16.7 Å². The zero-order valence-electron chi connectivity index (χ0n) is 15.2. The van der Waals surface area contributed by atoms with E-state index in [-0.39, 0.29) is 6.03 Å². The van der Waals surface area contributed by atoms with E-state index in [4.69, 9.17) is 9.47 Å². The van der Waals surface area contributed by atoms with Crippen molar-refractivity contribution in [1.29, 1.82) is 0 Å². The Balaban J connectivity index is 1.59. The van der Waals surface area contributed by atoms with Crippen LogP contribution in [0.5, 0.6) is 11.5 Å². The SMILES string of the molecule is COc1ccc(NC(=O)NC/C=C2/CCCc3ccc(OC)cc32)cc1. The third-order valence-corrected chi connectivity index (χ3v) is 4.51. The maximum Gasteiger partial charge on any atom is 0.319 e. The molecule has 2 aromatic carbocycles. The summed E-state index contributed by atoms with van der Waals surface area (Å²) in [5.41, 5.74) is 4.55. The molecule has 136 valence electrons. The van der Waals surface area contributed by atoms with Crippen LogP contribution < -0.4 is 20.1 Å². The lowest BCUT2D eigenvalue weighted by atomic mass is 9.87. The van der Waals surface area contributed by atoms with Crippen LogP contribution in [0.1, 0.15) is 24.0 Å². The Morgan fingerprint density at radius 3 is 2.50 bits per heavy atom. The standard InChI is InChI=1S/C21H24N2O3/c1-25-18-10-7-17(8-11-18)23-21(24)22-13-12-16-5-3-4-15-6-9-19(26-2)14-20(15)16/h6-12,14H,3-5,13H2,1-2H3,(H2,22,23,24)/b16-12-. The van der Waals surface area contributed by atoms with Crippen LogP contribution >= 0.6 is 0 Å². The Morgan fingerprint density at radius 2 is 1.77 bits per heavy atom. The molecule has 1 aliphatic rings. The number of anilines is 1. The number of hydrogen-bond acceptors (Lipinski definition) is 3. The van der Waals surface area contributed by atoms with Crippen molar-refractivity contribution in [2.24, 2.45) is 0 Å². The number of urea groups is 1. The second kappa shape index (κ2) is 8.43. The van der Waals surface area contributed by atoms with E-state index in [1.807, 2.05) is 18.2 Å². The van der Waals surface area contributed by atoms with Gasteiger partial charge in [0.05, 0.1) is 14.2 Å². The number of nitrogens with one attached hydrogen (secondary N) is 2. The van der Waals surface area contributed by atoms with Crippen LogP contribution in [0.25, 0.3) is 5.57 Å². The first-order chi connectivity index (χ1) is 12.7. The Morgan fingerprint density at radius 1 is 1.04 bits per heavy atom. The molecule has 5 nitrogen and oxygen atoms in total. The van der Waals surface area contributed by atoms with Gasteiger partial charge in [-0.1, -0.05) is 12.1 Å². The van der Waals surface area contributed by atoms with Gasteiger partial charge in [-0.05, 0) is 72.4 Å². The lowest BCUT2D eigenvalue weighted by molar-refractivity contribution is 0.253. The summed E-state index contributed by atoms with van der Waals surface area (Å²) in [5, 5.41) is 5.69. The van der Waals surface area contributed by atoms with Crippen LogP contribution in [0.15, 0.2) is 48.5 Å². The summed E-state index contributed by atoms with van der Waals surface area (Å²) in [6.07, 6.45) is 5.32. The number of benzene rings is 2. The van der Waals surface area contributed by atoms with Crippen molar-refractivity contribution < 1.29 is 14.3 Å². The number of aryl methyl sites for hydroxylation is 1. The molecule has 0 radical (unpaired) electrons. The minimum Gasteiger partial charge on any atom is -0.497 e. The van der Waals surface area contributed by atoms with Crippen LogP contribution in [0.4, 0.5) is 10.5 Å². The number of amides is 2. The van der Waals surface area contributed by atoms with Gasteiger partial charge in [-0.15, -0.1) is 0 Å². The molecular formula is C21H24N2O3. The van der Waals surface area contributed by atoms with Gasteiger partial charge in [-0.3, -0.25) is 0 Å². The van der Waals surface area contributed by atoms with Crippen molar-refractivity contribution >= 4 is 17.3 Å². The topological polar surface area (TPSA) is 59.6 Å². The number of allylic oxidation sites excluding steroid dienone is 1. The van der Waals surface area contributed by atoms with Crippen molar-refractivity contribution in [3.8, 4) is 11.5 Å². The van der Waals surface area contributed by atoms with Gasteiger partial charge in [0.25, 0.3) is 0 Å². The minimum absolute atomic E-state index is 0.228. The largest absolute Gasteiger partial charge is 0.497 e. The number of rotatable bonds is 5. The number of ether oxygens (including phenoxy) is 2. The highest BCUT2D eigenvalue weighted by molar-refractivity contribution is 5.89. The van der Waals surface area contributed by atoms with E-state index in [1.54, 1.807) is 26.4 Å². The molecule has 5 heteroatoms. The van der Waals surface area contributed by atoms with E-state index < -0.39 is 0 Å².